The van der Waals surface area contributed by atoms with Gasteiger partial charge in [-0.25, -0.2) is 0 Å². The first kappa shape index (κ1) is 29.5. The third kappa shape index (κ3) is 6.27. The lowest BCUT2D eigenvalue weighted by Crippen LogP contribution is -2.47. The van der Waals surface area contributed by atoms with E-state index >= 15 is 0 Å². The van der Waals surface area contributed by atoms with E-state index < -0.39 is 6.23 Å². The quantitative estimate of drug-likeness (QED) is 0.238. The largest absolute Gasteiger partial charge is 0.496 e. The molecule has 2 N–H and O–H groups in total. The zero-order valence-corrected chi connectivity index (χ0v) is 24.8. The lowest BCUT2D eigenvalue weighted by atomic mass is 10.0. The van der Waals surface area contributed by atoms with Crippen LogP contribution in [0.1, 0.15) is 44.0 Å². The molecule has 1 saturated heterocycles. The number of nitrogens with zero attached hydrogens (tertiary/aromatic N) is 3. The second kappa shape index (κ2) is 12.5. The summed E-state index contributed by atoms with van der Waals surface area (Å²) in [5.41, 5.74) is 4.70. The summed E-state index contributed by atoms with van der Waals surface area (Å²) in [5.74, 6) is 1.73. The van der Waals surface area contributed by atoms with E-state index in [0.29, 0.717) is 59.2 Å². The van der Waals surface area contributed by atoms with Gasteiger partial charge in [-0.1, -0.05) is 12.1 Å². The summed E-state index contributed by atoms with van der Waals surface area (Å²) in [4.78, 5) is 6.63. The molecule has 2 aromatic carbocycles. The number of methoxy groups -OCH3 is 1. The Balaban J connectivity index is 1.42. The van der Waals surface area contributed by atoms with Gasteiger partial charge in [-0.15, -0.1) is 0 Å². The minimum absolute atomic E-state index is 0.0418. The van der Waals surface area contributed by atoms with Crippen molar-refractivity contribution >= 4 is 11.1 Å². The summed E-state index contributed by atoms with van der Waals surface area (Å²) in [6.45, 7) is 6.15. The number of ether oxygens (including phenoxy) is 3. The maximum atomic E-state index is 10.8. The fraction of sp³-hybridized carbons (Fsp3) is 0.394. The number of aromatic nitrogens is 1. The lowest BCUT2D eigenvalue weighted by Gasteiger charge is -2.33. The Morgan fingerprint density at radius 1 is 1.10 bits per heavy atom. The van der Waals surface area contributed by atoms with Crippen molar-refractivity contribution in [2.24, 2.45) is 0 Å². The van der Waals surface area contributed by atoms with Crippen LogP contribution in [-0.2, 0) is 4.74 Å². The summed E-state index contributed by atoms with van der Waals surface area (Å²) < 4.78 is 23.6. The van der Waals surface area contributed by atoms with Crippen molar-refractivity contribution in [3.05, 3.63) is 65.9 Å². The van der Waals surface area contributed by atoms with Gasteiger partial charge in [0.15, 0.2) is 5.58 Å². The molecule has 1 atom stereocenters. The van der Waals surface area contributed by atoms with Gasteiger partial charge in [-0.05, 0) is 69.4 Å². The number of furan rings is 1. The average molecular weight is 571 g/mol. The lowest BCUT2D eigenvalue weighted by molar-refractivity contribution is 0.0254. The van der Waals surface area contributed by atoms with Crippen LogP contribution < -0.4 is 14.8 Å². The normalized spacial score (nSPS) is 15.1. The van der Waals surface area contributed by atoms with Crippen molar-refractivity contribution in [2.45, 2.75) is 44.6 Å². The van der Waals surface area contributed by atoms with Crippen molar-refractivity contribution in [1.29, 1.82) is 5.26 Å². The molecule has 1 fully saturated rings. The summed E-state index contributed by atoms with van der Waals surface area (Å²) in [6.07, 6.45) is 2.53. The first-order valence-corrected chi connectivity index (χ1v) is 14.1. The second-order valence-electron chi connectivity index (χ2n) is 11.4. The van der Waals surface area contributed by atoms with Crippen LogP contribution in [0.25, 0.3) is 33.6 Å². The molecule has 0 amide bonds. The van der Waals surface area contributed by atoms with Crippen LogP contribution in [-0.4, -0.2) is 67.6 Å². The predicted molar refractivity (Wildman–Crippen MR) is 161 cm³/mol. The van der Waals surface area contributed by atoms with E-state index in [1.807, 2.05) is 62.6 Å². The highest BCUT2D eigenvalue weighted by molar-refractivity contribution is 5.93. The summed E-state index contributed by atoms with van der Waals surface area (Å²) in [6, 6.07) is 17.2. The minimum Gasteiger partial charge on any atom is -0.496 e. The molecule has 0 saturated carbocycles. The van der Waals surface area contributed by atoms with Crippen LogP contribution in [0.2, 0.25) is 0 Å². The van der Waals surface area contributed by atoms with Crippen LogP contribution in [0.3, 0.4) is 0 Å². The van der Waals surface area contributed by atoms with Gasteiger partial charge in [0.2, 0.25) is 0 Å². The number of nitriles is 1. The van der Waals surface area contributed by atoms with Crippen LogP contribution in [0.5, 0.6) is 11.5 Å². The molecule has 220 valence electrons. The molecule has 0 bridgehead atoms. The molecule has 9 nitrogen and oxygen atoms in total. The molecule has 9 heteroatoms. The Labute approximate surface area is 246 Å². The van der Waals surface area contributed by atoms with E-state index in [1.54, 1.807) is 13.3 Å². The minimum atomic E-state index is -0.858. The van der Waals surface area contributed by atoms with Gasteiger partial charge in [-0.3, -0.25) is 10.3 Å². The van der Waals surface area contributed by atoms with Gasteiger partial charge in [0.1, 0.15) is 41.2 Å². The Bertz CT molecular complexity index is 1580. The van der Waals surface area contributed by atoms with E-state index in [1.165, 1.54) is 0 Å². The first-order valence-electron chi connectivity index (χ1n) is 14.1. The highest BCUT2D eigenvalue weighted by Crippen LogP contribution is 2.39. The predicted octanol–water partition coefficient (Wildman–Crippen LogP) is 5.52. The molecule has 1 aliphatic heterocycles. The fourth-order valence-corrected chi connectivity index (χ4v) is 4.86. The van der Waals surface area contributed by atoms with Crippen LogP contribution in [0, 0.1) is 11.3 Å². The third-order valence-corrected chi connectivity index (χ3v) is 8.03. The Kier molecular flexibility index (Phi) is 8.80. The van der Waals surface area contributed by atoms with E-state index in [2.05, 4.69) is 35.1 Å². The zero-order valence-electron chi connectivity index (χ0n) is 24.8. The van der Waals surface area contributed by atoms with Crippen LogP contribution in [0.15, 0.2) is 59.1 Å². The Hall–Kier alpha value is -3.94. The van der Waals surface area contributed by atoms with Crippen molar-refractivity contribution in [1.82, 2.24) is 15.2 Å². The molecule has 1 aliphatic rings. The van der Waals surface area contributed by atoms with Gasteiger partial charge in [-0.2, -0.15) is 5.26 Å². The molecule has 4 aromatic rings. The highest BCUT2D eigenvalue weighted by atomic mass is 16.5. The number of aliphatic hydroxyl groups excluding tert-OH is 1. The number of aliphatic hydroxyl groups is 1. The summed E-state index contributed by atoms with van der Waals surface area (Å²) in [5, 5.41) is 23.9. The molecule has 0 spiro atoms. The molecule has 3 heterocycles. The van der Waals surface area contributed by atoms with Crippen molar-refractivity contribution in [3.63, 3.8) is 0 Å². The van der Waals surface area contributed by atoms with E-state index in [9.17, 15) is 10.4 Å². The first-order chi connectivity index (χ1) is 20.2. The topological polar surface area (TPSA) is 113 Å². The molecule has 5 rings (SSSR count). The SMILES string of the molecule is COc1cc(C(O)NCC(C)(C)N(C)C)ccc1-c1cc2nccc(-c3ccc(OC4CCOCC4)c(C#N)c3)c2o1. The smallest absolute Gasteiger partial charge is 0.161 e. The number of benzene rings is 2. The molecule has 0 aliphatic carbocycles. The maximum absolute atomic E-state index is 10.8. The van der Waals surface area contributed by atoms with Gasteiger partial charge in [0.05, 0.1) is 31.5 Å². The summed E-state index contributed by atoms with van der Waals surface area (Å²) in [7, 11) is 5.62. The highest BCUT2D eigenvalue weighted by Gasteiger charge is 2.23. The average Bonchev–Trinajstić information content (AvgIpc) is 3.44. The van der Waals surface area contributed by atoms with Crippen LogP contribution >= 0.6 is 0 Å². The second-order valence-corrected chi connectivity index (χ2v) is 11.4. The molecular formula is C33H38N4O5. The molecule has 2 aromatic heterocycles. The van der Waals surface area contributed by atoms with E-state index in [4.69, 9.17) is 18.6 Å². The standard InChI is InChI=1S/C33H38N4O5/c1-33(2,37(3)4)20-36-32(38)22-6-8-26(29(17-22)39-5)30-18-27-31(42-30)25(10-13-35-27)21-7-9-28(23(16-21)19-34)41-24-11-14-40-15-12-24/h6-10,13,16-18,24,32,36,38H,11-12,14-15,20H2,1-5H3. The van der Waals surface area contributed by atoms with Gasteiger partial charge in [0, 0.05) is 42.8 Å². The number of likely N-dealkylation sites (N-methyl/N-ethyl adjacent to an activating group) is 1. The van der Waals surface area contributed by atoms with E-state index in [-0.39, 0.29) is 11.6 Å². The van der Waals surface area contributed by atoms with Crippen molar-refractivity contribution in [2.75, 3.05) is 41.0 Å². The summed E-state index contributed by atoms with van der Waals surface area (Å²) >= 11 is 0. The molecular weight excluding hydrogens is 532 g/mol. The number of fused-ring (bicyclic) bond motifs is 1. The Morgan fingerprint density at radius 3 is 2.60 bits per heavy atom. The third-order valence-electron chi connectivity index (χ3n) is 8.03. The van der Waals surface area contributed by atoms with Gasteiger partial charge >= 0.3 is 0 Å². The van der Waals surface area contributed by atoms with Crippen molar-refractivity contribution < 1.29 is 23.7 Å². The van der Waals surface area contributed by atoms with Gasteiger partial charge < -0.3 is 28.6 Å². The number of hydrogen-bond acceptors (Lipinski definition) is 9. The monoisotopic (exact) mass is 570 g/mol. The van der Waals surface area contributed by atoms with Gasteiger partial charge in [0.25, 0.3) is 0 Å². The molecule has 1 unspecified atom stereocenters. The Morgan fingerprint density at radius 2 is 1.88 bits per heavy atom. The van der Waals surface area contributed by atoms with Crippen molar-refractivity contribution in [3.8, 4) is 40.0 Å². The molecule has 42 heavy (non-hydrogen) atoms. The zero-order chi connectivity index (χ0) is 29.9. The number of nitrogens with one attached hydrogen (secondary N) is 1. The number of rotatable bonds is 10. The molecule has 0 radical (unpaired) electrons. The number of pyridine rings is 1. The number of hydrogen-bond donors (Lipinski definition) is 2. The van der Waals surface area contributed by atoms with E-state index in [0.717, 1.165) is 29.5 Å². The maximum Gasteiger partial charge on any atom is 0.161 e. The van der Waals surface area contributed by atoms with Crippen LogP contribution in [0.4, 0.5) is 0 Å². The fourth-order valence-electron chi connectivity index (χ4n) is 4.86.